The number of fused-ring (bicyclic) bond motifs is 2. The van der Waals surface area contributed by atoms with E-state index in [1.54, 1.807) is 20.2 Å². The zero-order chi connectivity index (χ0) is 20.9. The Morgan fingerprint density at radius 1 is 1.17 bits per heavy atom. The maximum Gasteiger partial charge on any atom is 0.328 e. The van der Waals surface area contributed by atoms with Gasteiger partial charge in [-0.1, -0.05) is 6.92 Å². The standard InChI is InChI=1S/C19H22N4O4S2/c1-11-4-7-16-12(8-11)9-17(28-16)18(24)20-21-29(26,27)13-5-6-14-15(10-13)23(3)19(25)22(14)2/h5-6,9-11,21H,4,7-8H2,1-3H3,(H,20,24). The Kier molecular flexibility index (Phi) is 4.88. The molecule has 1 aliphatic carbocycles. The summed E-state index contributed by atoms with van der Waals surface area (Å²) in [5.41, 5.74) is 4.35. The van der Waals surface area contributed by atoms with Gasteiger partial charge in [-0.25, -0.2) is 13.2 Å². The van der Waals surface area contributed by atoms with Crippen LogP contribution in [0.15, 0.2) is 34.0 Å². The average molecular weight is 435 g/mol. The molecule has 2 N–H and O–H groups in total. The van der Waals surface area contributed by atoms with Crippen molar-refractivity contribution in [3.63, 3.8) is 0 Å². The van der Waals surface area contributed by atoms with Crippen molar-refractivity contribution in [2.75, 3.05) is 0 Å². The van der Waals surface area contributed by atoms with Crippen LogP contribution in [0.2, 0.25) is 0 Å². The van der Waals surface area contributed by atoms with Crippen molar-refractivity contribution in [1.29, 1.82) is 0 Å². The number of nitrogens with zero attached hydrogens (tertiary/aromatic N) is 2. The molecule has 1 aliphatic rings. The maximum absolute atomic E-state index is 12.6. The number of rotatable bonds is 4. The van der Waals surface area contributed by atoms with E-state index >= 15 is 0 Å². The molecular formula is C19H22N4O4S2. The number of amides is 1. The first kappa shape index (κ1) is 19.9. The summed E-state index contributed by atoms with van der Waals surface area (Å²) >= 11 is 1.41. The molecule has 4 rings (SSSR count). The zero-order valence-electron chi connectivity index (χ0n) is 16.4. The molecule has 1 atom stereocenters. The van der Waals surface area contributed by atoms with E-state index in [0.717, 1.165) is 19.3 Å². The highest BCUT2D eigenvalue weighted by molar-refractivity contribution is 7.89. The Balaban J connectivity index is 1.53. The Labute approximate surface area is 172 Å². The van der Waals surface area contributed by atoms with Crippen molar-refractivity contribution in [2.24, 2.45) is 20.0 Å². The number of imidazole rings is 1. The lowest BCUT2D eigenvalue weighted by Gasteiger charge is -2.16. The minimum Gasteiger partial charge on any atom is -0.295 e. The molecule has 0 bridgehead atoms. The third kappa shape index (κ3) is 3.52. The van der Waals surface area contributed by atoms with Gasteiger partial charge in [0.2, 0.25) is 0 Å². The summed E-state index contributed by atoms with van der Waals surface area (Å²) in [6.45, 7) is 2.19. The van der Waals surface area contributed by atoms with Crippen LogP contribution < -0.4 is 15.9 Å². The fourth-order valence-electron chi connectivity index (χ4n) is 3.71. The van der Waals surface area contributed by atoms with E-state index < -0.39 is 15.9 Å². The Hall–Kier alpha value is -2.43. The number of hydrogen-bond acceptors (Lipinski definition) is 5. The fraction of sp³-hybridized carbons (Fsp3) is 0.368. The van der Waals surface area contributed by atoms with E-state index in [4.69, 9.17) is 0 Å². The third-order valence-corrected chi connectivity index (χ3v) is 7.89. The summed E-state index contributed by atoms with van der Waals surface area (Å²) in [5.74, 6) is 0.115. The molecule has 0 saturated carbocycles. The summed E-state index contributed by atoms with van der Waals surface area (Å²) in [6.07, 6.45) is 3.00. The van der Waals surface area contributed by atoms with Gasteiger partial charge >= 0.3 is 5.69 Å². The third-order valence-electron chi connectivity index (χ3n) is 5.41. The highest BCUT2D eigenvalue weighted by Crippen LogP contribution is 2.32. The van der Waals surface area contributed by atoms with Gasteiger partial charge in [-0.3, -0.25) is 19.4 Å². The largest absolute Gasteiger partial charge is 0.328 e. The van der Waals surface area contributed by atoms with E-state index in [9.17, 15) is 18.0 Å². The van der Waals surface area contributed by atoms with Crippen LogP contribution in [-0.2, 0) is 37.0 Å². The summed E-state index contributed by atoms with van der Waals surface area (Å²) in [4.78, 5) is 28.3. The van der Waals surface area contributed by atoms with Crippen LogP contribution in [0, 0.1) is 5.92 Å². The second-order valence-corrected chi connectivity index (χ2v) is 10.3. The lowest BCUT2D eigenvalue weighted by molar-refractivity contribution is 0.0949. The molecule has 0 radical (unpaired) electrons. The molecule has 3 aromatic rings. The van der Waals surface area contributed by atoms with E-state index in [0.29, 0.717) is 21.8 Å². The minimum atomic E-state index is -3.99. The summed E-state index contributed by atoms with van der Waals surface area (Å²) in [7, 11) is -0.785. The number of sulfonamides is 1. The summed E-state index contributed by atoms with van der Waals surface area (Å²) in [5, 5.41) is 0. The van der Waals surface area contributed by atoms with Crippen LogP contribution >= 0.6 is 11.3 Å². The smallest absolute Gasteiger partial charge is 0.295 e. The molecular weight excluding hydrogens is 412 g/mol. The van der Waals surface area contributed by atoms with Crippen molar-refractivity contribution < 1.29 is 13.2 Å². The highest BCUT2D eigenvalue weighted by atomic mass is 32.2. The predicted octanol–water partition coefficient (Wildman–Crippen LogP) is 1.69. The quantitative estimate of drug-likeness (QED) is 0.610. The lowest BCUT2D eigenvalue weighted by atomic mass is 9.90. The SMILES string of the molecule is CC1CCc2sc(C(=O)NNS(=O)(=O)c3ccc4c(c3)n(C)c(=O)n4C)cc2C1. The first-order chi connectivity index (χ1) is 13.7. The lowest BCUT2D eigenvalue weighted by Crippen LogP contribution is -2.41. The molecule has 1 aromatic carbocycles. The van der Waals surface area contributed by atoms with Crippen molar-refractivity contribution in [3.05, 3.63) is 50.1 Å². The number of aryl methyl sites for hydroxylation is 3. The van der Waals surface area contributed by atoms with Gasteiger partial charge in [0.05, 0.1) is 20.8 Å². The number of carbonyl (C=O) groups excluding carboxylic acids is 1. The van der Waals surface area contributed by atoms with Gasteiger partial charge in [-0.15, -0.1) is 16.2 Å². The number of carbonyl (C=O) groups is 1. The van der Waals surface area contributed by atoms with Crippen LogP contribution in [0.25, 0.3) is 11.0 Å². The van der Waals surface area contributed by atoms with Crippen molar-refractivity contribution in [1.82, 2.24) is 19.4 Å². The minimum absolute atomic E-state index is 0.0363. The zero-order valence-corrected chi connectivity index (χ0v) is 18.0. The first-order valence-electron chi connectivity index (χ1n) is 9.26. The van der Waals surface area contributed by atoms with Crippen LogP contribution in [0.1, 0.15) is 33.5 Å². The average Bonchev–Trinajstić information content (AvgIpc) is 3.21. The second-order valence-electron chi connectivity index (χ2n) is 7.52. The van der Waals surface area contributed by atoms with Gasteiger partial charge in [-0.2, -0.15) is 0 Å². The highest BCUT2D eigenvalue weighted by Gasteiger charge is 2.22. The maximum atomic E-state index is 12.6. The summed E-state index contributed by atoms with van der Waals surface area (Å²) < 4.78 is 28.1. The molecule has 10 heteroatoms. The van der Waals surface area contributed by atoms with Gasteiger partial charge in [0.25, 0.3) is 15.9 Å². The number of aromatic nitrogens is 2. The fourth-order valence-corrected chi connectivity index (χ4v) is 5.67. The van der Waals surface area contributed by atoms with Gasteiger partial charge in [0.15, 0.2) is 0 Å². The molecule has 154 valence electrons. The van der Waals surface area contributed by atoms with E-state index in [1.165, 1.54) is 43.0 Å². The number of nitrogens with one attached hydrogen (secondary N) is 2. The molecule has 0 spiro atoms. The van der Waals surface area contributed by atoms with Crippen molar-refractivity contribution in [2.45, 2.75) is 31.1 Å². The molecule has 0 fully saturated rings. The Bertz CT molecular complexity index is 1280. The van der Waals surface area contributed by atoms with E-state index in [1.807, 2.05) is 6.07 Å². The first-order valence-corrected chi connectivity index (χ1v) is 11.6. The Morgan fingerprint density at radius 2 is 1.90 bits per heavy atom. The molecule has 2 aromatic heterocycles. The monoisotopic (exact) mass is 434 g/mol. The Morgan fingerprint density at radius 3 is 2.66 bits per heavy atom. The molecule has 2 heterocycles. The molecule has 29 heavy (non-hydrogen) atoms. The number of thiophene rings is 1. The normalized spacial score (nSPS) is 16.7. The van der Waals surface area contributed by atoms with Gasteiger partial charge in [-0.05, 0) is 55.0 Å². The molecule has 1 amide bonds. The van der Waals surface area contributed by atoms with E-state index in [2.05, 4.69) is 17.2 Å². The van der Waals surface area contributed by atoms with Gasteiger partial charge in [0, 0.05) is 19.0 Å². The van der Waals surface area contributed by atoms with Crippen LogP contribution in [0.4, 0.5) is 0 Å². The second kappa shape index (κ2) is 7.12. The van der Waals surface area contributed by atoms with Crippen molar-refractivity contribution in [3.8, 4) is 0 Å². The van der Waals surface area contributed by atoms with Crippen LogP contribution in [0.5, 0.6) is 0 Å². The molecule has 0 aliphatic heterocycles. The topological polar surface area (TPSA) is 102 Å². The van der Waals surface area contributed by atoms with Gasteiger partial charge < -0.3 is 0 Å². The van der Waals surface area contributed by atoms with Crippen molar-refractivity contribution >= 4 is 38.3 Å². The summed E-state index contributed by atoms with van der Waals surface area (Å²) in [6, 6.07) is 6.24. The van der Waals surface area contributed by atoms with E-state index in [-0.39, 0.29) is 10.6 Å². The number of hydrazine groups is 1. The van der Waals surface area contributed by atoms with Gasteiger partial charge in [0.1, 0.15) is 0 Å². The molecule has 8 nitrogen and oxygen atoms in total. The van der Waals surface area contributed by atoms with Crippen LogP contribution in [-0.4, -0.2) is 23.5 Å². The van der Waals surface area contributed by atoms with Crippen LogP contribution in [0.3, 0.4) is 0 Å². The predicted molar refractivity (Wildman–Crippen MR) is 111 cm³/mol. The molecule has 0 saturated heterocycles. The number of benzene rings is 1. The number of hydrogen-bond donors (Lipinski definition) is 2. The molecule has 1 unspecified atom stereocenters.